The summed E-state index contributed by atoms with van der Waals surface area (Å²) in [5, 5.41) is 12.2. The van der Waals surface area contributed by atoms with E-state index in [4.69, 9.17) is 53.0 Å². The Morgan fingerprint density at radius 3 is 2.37 bits per heavy atom. The molecule has 1 aliphatic carbocycles. The van der Waals surface area contributed by atoms with Crippen LogP contribution in [0.4, 0.5) is 11.8 Å². The monoisotopic (exact) mass is 944 g/mol. The summed E-state index contributed by atoms with van der Waals surface area (Å²) in [7, 11) is -3.68. The fraction of sp³-hybridized carbons (Fsp3) is 0.657. The van der Waals surface area contributed by atoms with Gasteiger partial charge in [-0.25, -0.2) is 33.6 Å². The molecule has 0 amide bonds. The number of aliphatic hydroxyl groups excluding tert-OH is 1. The molecule has 6 N–H and O–H groups in total. The molecule has 4 aromatic rings. The second-order valence-corrected chi connectivity index (χ2v) is 23.1. The number of aliphatic hydroxyl groups is 1. The van der Waals surface area contributed by atoms with Crippen molar-refractivity contribution in [3.63, 3.8) is 0 Å². The highest BCUT2D eigenvalue weighted by atomic mass is 32.7. The Balaban J connectivity index is 1.31. The first-order valence-electron chi connectivity index (χ1n) is 19.5. The summed E-state index contributed by atoms with van der Waals surface area (Å²) in [5.41, 5.74) is 8.29. The van der Waals surface area contributed by atoms with E-state index in [-0.39, 0.29) is 40.5 Å². The number of phosphoric acid groups is 1. The largest absolute Gasteiger partial charge is 0.478 e. The third kappa shape index (κ3) is 9.53. The molecule has 346 valence electrons. The van der Waals surface area contributed by atoms with E-state index < -0.39 is 117 Å². The first-order chi connectivity index (χ1) is 29.5. The normalized spacial score (nSPS) is 31.9. The Hall–Kier alpha value is -4.07. The molecule has 0 unspecified atom stereocenters. The number of fused-ring (bicyclic) bond motifs is 5. The Morgan fingerprint density at radius 1 is 0.984 bits per heavy atom. The maximum absolute atomic E-state index is 15.1. The van der Waals surface area contributed by atoms with Gasteiger partial charge in [0.2, 0.25) is 12.7 Å². The minimum absolute atomic E-state index is 0.0297. The third-order valence-electron chi connectivity index (χ3n) is 10.6. The number of carbonyl (C=O) groups excluding carboxylic acids is 2. The average molecular weight is 945 g/mol. The van der Waals surface area contributed by atoms with E-state index in [1.165, 1.54) is 30.7 Å². The number of imidazole rings is 2. The van der Waals surface area contributed by atoms with Crippen molar-refractivity contribution in [2.24, 2.45) is 16.2 Å². The number of ether oxygens (including phenoxy) is 4. The highest BCUT2D eigenvalue weighted by Gasteiger charge is 2.58. The number of aromatic nitrogens is 8. The number of nitrogen functional groups attached to an aromatic ring is 2. The number of nitrogens with zero attached hydrogens (tertiary/aromatic N) is 7. The lowest BCUT2D eigenvalue weighted by molar-refractivity contribution is -0.161. The summed E-state index contributed by atoms with van der Waals surface area (Å²) in [5.74, 6) is -1.98. The van der Waals surface area contributed by atoms with Gasteiger partial charge in [-0.15, -0.1) is 0 Å². The van der Waals surface area contributed by atoms with Crippen LogP contribution >= 0.6 is 26.0 Å². The average Bonchev–Trinajstić information content (AvgIpc) is 3.96. The number of anilines is 2. The Bertz CT molecular complexity index is 2530. The van der Waals surface area contributed by atoms with Crippen LogP contribution in [0.5, 0.6) is 0 Å². The van der Waals surface area contributed by atoms with Gasteiger partial charge in [0.1, 0.15) is 48.3 Å². The highest BCUT2D eigenvalue weighted by Crippen LogP contribution is 2.66. The molecule has 2 bridgehead atoms. The van der Waals surface area contributed by atoms with Gasteiger partial charge in [-0.05, 0) is 48.0 Å². The van der Waals surface area contributed by atoms with Crippen molar-refractivity contribution in [3.05, 3.63) is 29.3 Å². The van der Waals surface area contributed by atoms with Crippen LogP contribution in [-0.4, -0.2) is 120 Å². The molecular weight excluding hydrogens is 894 g/mol. The van der Waals surface area contributed by atoms with Crippen molar-refractivity contribution in [1.82, 2.24) is 39.0 Å². The van der Waals surface area contributed by atoms with Gasteiger partial charge in [0.05, 0.1) is 42.7 Å². The molecule has 1 saturated carbocycles. The molecule has 7 rings (SSSR count). The van der Waals surface area contributed by atoms with E-state index in [9.17, 15) is 19.5 Å². The number of nitrogens with one attached hydrogen (secondary N) is 1. The van der Waals surface area contributed by atoms with Crippen molar-refractivity contribution in [3.8, 4) is 0 Å². The van der Waals surface area contributed by atoms with Crippen LogP contribution in [0, 0.1) is 16.2 Å². The van der Waals surface area contributed by atoms with Crippen molar-refractivity contribution in [2.45, 2.75) is 97.7 Å². The Labute approximate surface area is 363 Å². The van der Waals surface area contributed by atoms with E-state index in [0.29, 0.717) is 11.4 Å². The van der Waals surface area contributed by atoms with Crippen molar-refractivity contribution in [2.75, 3.05) is 44.5 Å². The SMILES string of the molecule is CO[C@H]1[C@H]2O[P@@](=O)(OCOC(=O)C(C)(C)C)OC[C@@]3(C)C[C@@H](n4cnc5c(N)ncnc54)[C@H](O)[C@@H]3O[P@](=O)(SCOC(=O)C(C)(C)C)OC[C@H]1O[C@H]2n1cnc2c(=O)[nH]c(N)nc21. The number of carbonyl (C=O) groups is 2. The maximum atomic E-state index is 15.1. The van der Waals surface area contributed by atoms with Crippen LogP contribution in [0.25, 0.3) is 22.3 Å². The smallest absolute Gasteiger partial charge is 0.454 e. The quantitative estimate of drug-likeness (QED) is 0.106. The van der Waals surface area contributed by atoms with E-state index in [1.807, 2.05) is 0 Å². The fourth-order valence-corrected chi connectivity index (χ4v) is 11.5. The number of rotatable bonds is 9. The number of hydrogen-bond acceptors (Lipinski definition) is 23. The van der Waals surface area contributed by atoms with Crippen molar-refractivity contribution < 1.29 is 65.4 Å². The van der Waals surface area contributed by atoms with Gasteiger partial charge < -0.3 is 40.1 Å². The lowest BCUT2D eigenvalue weighted by Crippen LogP contribution is -2.39. The van der Waals surface area contributed by atoms with Gasteiger partial charge in [-0.2, -0.15) is 4.98 Å². The molecule has 0 aromatic carbocycles. The van der Waals surface area contributed by atoms with Gasteiger partial charge >= 0.3 is 26.6 Å². The zero-order valence-electron chi connectivity index (χ0n) is 35.6. The number of nitrogens with two attached hydrogens (primary N) is 2. The van der Waals surface area contributed by atoms with Crippen LogP contribution < -0.4 is 17.0 Å². The second kappa shape index (κ2) is 17.4. The molecule has 25 nitrogen and oxygen atoms in total. The predicted molar refractivity (Wildman–Crippen MR) is 221 cm³/mol. The van der Waals surface area contributed by atoms with E-state index in [0.717, 1.165) is 0 Å². The molecule has 4 aromatic heterocycles. The molecule has 2 aliphatic heterocycles. The first-order valence-corrected chi connectivity index (χ1v) is 24.1. The number of esters is 2. The zero-order chi connectivity index (χ0) is 45.9. The number of phosphoric ester groups is 1. The first kappa shape index (κ1) is 46.9. The molecule has 2 saturated heterocycles. The van der Waals surface area contributed by atoms with Crippen molar-refractivity contribution in [1.29, 1.82) is 0 Å². The standard InChI is InChI=1S/C35H50N10O15P2S/c1-33(2,3)30(48)53-15-57-61(50)56-11-35(7)9-17(44-13-40-19-25(36)38-12-39-26(19)44)21(46)24(35)60-62(51,63-16-54-31(49)34(4,5)6)55-10-18-22(52-8)23(59-61)29(58-18)45-14-41-20-27(45)42-32(37)43-28(20)47/h12-14,17-18,21-24,29,46H,9-11,15-16H2,1-8H3,(H2,36,38,39)(H3,37,42,43,47)/t17-,18-,21+,22-,23-,24+,29-,35-,61-,62-/m1/s1. The molecule has 0 spiro atoms. The fourth-order valence-electron chi connectivity index (χ4n) is 7.23. The van der Waals surface area contributed by atoms with Gasteiger partial charge in [0.15, 0.2) is 28.9 Å². The topological polar surface area (TPSA) is 331 Å². The molecule has 0 radical (unpaired) electrons. The zero-order valence-corrected chi connectivity index (χ0v) is 38.2. The minimum Gasteiger partial charge on any atom is -0.454 e. The second-order valence-electron chi connectivity index (χ2n) is 17.5. The van der Waals surface area contributed by atoms with Crippen LogP contribution in [-0.2, 0) is 60.3 Å². The van der Waals surface area contributed by atoms with Gasteiger partial charge in [-0.1, -0.05) is 6.92 Å². The molecule has 3 fully saturated rings. The molecule has 63 heavy (non-hydrogen) atoms. The van der Waals surface area contributed by atoms with Crippen LogP contribution in [0.2, 0.25) is 0 Å². The predicted octanol–water partition coefficient (Wildman–Crippen LogP) is 3.23. The minimum atomic E-state index is -4.97. The van der Waals surface area contributed by atoms with E-state index in [1.54, 1.807) is 53.0 Å². The third-order valence-corrected chi connectivity index (χ3v) is 15.3. The molecule has 3 aliphatic rings. The van der Waals surface area contributed by atoms with Gasteiger partial charge in [-0.3, -0.25) is 42.0 Å². The summed E-state index contributed by atoms with van der Waals surface area (Å²) in [6.45, 7) is 4.74. The Kier molecular flexibility index (Phi) is 12.9. The van der Waals surface area contributed by atoms with Gasteiger partial charge in [0.25, 0.3) is 5.56 Å². The summed E-state index contributed by atoms with van der Waals surface area (Å²) in [6.07, 6.45) is -4.50. The summed E-state index contributed by atoms with van der Waals surface area (Å²) in [6, 6.07) is -0.915. The number of aromatic amines is 1. The maximum Gasteiger partial charge on any atom is 0.478 e. The Morgan fingerprint density at radius 2 is 1.67 bits per heavy atom. The molecule has 6 heterocycles. The lowest BCUT2D eigenvalue weighted by atomic mass is 9.87. The number of hydrogen-bond donors (Lipinski definition) is 4. The molecular formula is C35H50N10O15P2S. The van der Waals surface area contributed by atoms with Gasteiger partial charge in [0, 0.05) is 23.9 Å². The number of H-pyrrole nitrogens is 1. The molecule has 10 atom stereocenters. The number of methoxy groups -OCH3 is 1. The van der Waals surface area contributed by atoms with E-state index >= 15 is 9.13 Å². The van der Waals surface area contributed by atoms with Crippen LogP contribution in [0.1, 0.15) is 67.2 Å². The summed E-state index contributed by atoms with van der Waals surface area (Å²) in [4.78, 5) is 61.8. The summed E-state index contributed by atoms with van der Waals surface area (Å²) >= 11 is 0.534. The molecule has 28 heteroatoms. The lowest BCUT2D eigenvalue weighted by Gasteiger charge is -2.35. The highest BCUT2D eigenvalue weighted by molar-refractivity contribution is 8.55. The van der Waals surface area contributed by atoms with Crippen molar-refractivity contribution >= 4 is 72.0 Å². The van der Waals surface area contributed by atoms with Crippen LogP contribution in [0.15, 0.2) is 23.8 Å². The summed E-state index contributed by atoms with van der Waals surface area (Å²) < 4.78 is 86.6. The van der Waals surface area contributed by atoms with Crippen LogP contribution in [0.3, 0.4) is 0 Å². The van der Waals surface area contributed by atoms with E-state index in [2.05, 4.69) is 29.9 Å².